The number of fused-ring (bicyclic) bond motifs is 1. The summed E-state index contributed by atoms with van der Waals surface area (Å²) in [5.41, 5.74) is 0. The van der Waals surface area contributed by atoms with Crippen LogP contribution in [0.15, 0.2) is 0 Å². The number of rotatable bonds is 9. The van der Waals surface area contributed by atoms with Crippen LogP contribution < -0.4 is 0 Å². The summed E-state index contributed by atoms with van der Waals surface area (Å²) in [6, 6.07) is 0.911. The average molecular weight is 302 g/mol. The molecule has 1 heterocycles. The van der Waals surface area contributed by atoms with Crippen LogP contribution in [0.5, 0.6) is 0 Å². The number of hydrogen-bond acceptors (Lipinski definition) is 4. The van der Waals surface area contributed by atoms with Gasteiger partial charge >= 0.3 is 8.80 Å². The molecule has 0 aromatic carbocycles. The van der Waals surface area contributed by atoms with Gasteiger partial charge in [0.15, 0.2) is 0 Å². The van der Waals surface area contributed by atoms with Crippen molar-refractivity contribution in [1.29, 1.82) is 0 Å². The summed E-state index contributed by atoms with van der Waals surface area (Å²) in [5.74, 6) is 0.586. The fourth-order valence-electron chi connectivity index (χ4n) is 3.30. The largest absolute Gasteiger partial charge is 0.501 e. The maximum Gasteiger partial charge on any atom is 0.501 e. The molecular weight excluding hydrogens is 272 g/mol. The van der Waals surface area contributed by atoms with Crippen LogP contribution in [0.2, 0.25) is 6.04 Å². The molecule has 1 saturated carbocycles. The lowest BCUT2D eigenvalue weighted by Crippen LogP contribution is -2.49. The van der Waals surface area contributed by atoms with Gasteiger partial charge in [0.2, 0.25) is 0 Å². The van der Waals surface area contributed by atoms with Gasteiger partial charge in [-0.2, -0.15) is 0 Å². The van der Waals surface area contributed by atoms with Crippen LogP contribution in [0.3, 0.4) is 0 Å². The monoisotopic (exact) mass is 302 g/mol. The van der Waals surface area contributed by atoms with Crippen molar-refractivity contribution in [1.82, 2.24) is 0 Å². The van der Waals surface area contributed by atoms with Crippen LogP contribution in [0.1, 0.15) is 53.4 Å². The SMILES string of the molecule is CCC[Si](OCC)(OCC)OC(C)C1CCC2OC2C1. The van der Waals surface area contributed by atoms with Crippen molar-refractivity contribution >= 4 is 8.80 Å². The van der Waals surface area contributed by atoms with Gasteiger partial charge in [-0.1, -0.05) is 13.3 Å². The van der Waals surface area contributed by atoms with Crippen molar-refractivity contribution in [2.24, 2.45) is 5.92 Å². The Bertz CT molecular complexity index is 283. The Morgan fingerprint density at radius 1 is 1.10 bits per heavy atom. The molecule has 0 amide bonds. The van der Waals surface area contributed by atoms with Gasteiger partial charge in [0.25, 0.3) is 0 Å². The molecule has 0 spiro atoms. The number of epoxide rings is 1. The number of ether oxygens (including phenoxy) is 1. The van der Waals surface area contributed by atoms with Gasteiger partial charge in [-0.05, 0) is 46.0 Å². The molecule has 0 radical (unpaired) electrons. The van der Waals surface area contributed by atoms with E-state index in [4.69, 9.17) is 18.0 Å². The molecule has 0 N–H and O–H groups in total. The van der Waals surface area contributed by atoms with Crippen LogP contribution in [-0.2, 0) is 18.0 Å². The van der Waals surface area contributed by atoms with Crippen LogP contribution in [0, 0.1) is 5.92 Å². The van der Waals surface area contributed by atoms with Crippen LogP contribution in [0.25, 0.3) is 0 Å². The predicted octanol–water partition coefficient (Wildman–Crippen LogP) is 3.38. The first-order valence-electron chi connectivity index (χ1n) is 8.25. The van der Waals surface area contributed by atoms with Crippen LogP contribution in [0.4, 0.5) is 0 Å². The molecule has 4 atom stereocenters. The zero-order valence-corrected chi connectivity index (χ0v) is 14.4. The fraction of sp³-hybridized carbons (Fsp3) is 1.00. The molecule has 5 heteroatoms. The molecule has 1 aliphatic carbocycles. The van der Waals surface area contributed by atoms with E-state index in [0.29, 0.717) is 31.3 Å². The van der Waals surface area contributed by atoms with E-state index in [1.165, 1.54) is 12.8 Å². The van der Waals surface area contributed by atoms with E-state index < -0.39 is 8.80 Å². The van der Waals surface area contributed by atoms with E-state index in [0.717, 1.165) is 18.9 Å². The lowest BCUT2D eigenvalue weighted by molar-refractivity contribution is 0.0107. The lowest BCUT2D eigenvalue weighted by atomic mass is 9.86. The van der Waals surface area contributed by atoms with Gasteiger partial charge < -0.3 is 18.0 Å². The Kier molecular flexibility index (Phi) is 6.04. The Hall–Kier alpha value is 0.0569. The molecule has 2 rings (SSSR count). The molecule has 0 aromatic heterocycles. The van der Waals surface area contributed by atoms with Crippen molar-refractivity contribution < 1.29 is 18.0 Å². The summed E-state index contributed by atoms with van der Waals surface area (Å²) in [7, 11) is -2.49. The highest BCUT2D eigenvalue weighted by Gasteiger charge is 2.48. The highest BCUT2D eigenvalue weighted by atomic mass is 28.4. The van der Waals surface area contributed by atoms with Gasteiger partial charge in [-0.3, -0.25) is 0 Å². The lowest BCUT2D eigenvalue weighted by Gasteiger charge is -2.35. The predicted molar refractivity (Wildman–Crippen MR) is 80.7 cm³/mol. The summed E-state index contributed by atoms with van der Waals surface area (Å²) in [6.07, 6.45) is 5.83. The summed E-state index contributed by atoms with van der Waals surface area (Å²) >= 11 is 0. The first-order valence-corrected chi connectivity index (χ1v) is 10.2. The van der Waals surface area contributed by atoms with Crippen LogP contribution in [-0.4, -0.2) is 40.3 Å². The van der Waals surface area contributed by atoms with Gasteiger partial charge in [0.1, 0.15) is 0 Å². The third-order valence-corrected chi connectivity index (χ3v) is 7.66. The minimum Gasteiger partial charge on any atom is -0.374 e. The van der Waals surface area contributed by atoms with Crippen molar-refractivity contribution in [3.63, 3.8) is 0 Å². The average Bonchev–Trinajstić information content (AvgIpc) is 3.17. The molecule has 0 aromatic rings. The molecule has 1 aliphatic heterocycles. The molecule has 4 nitrogen and oxygen atoms in total. The normalized spacial score (nSPS) is 30.9. The van der Waals surface area contributed by atoms with Crippen LogP contribution >= 0.6 is 0 Å². The van der Waals surface area contributed by atoms with Gasteiger partial charge in [0, 0.05) is 25.4 Å². The molecule has 4 unspecified atom stereocenters. The Balaban J connectivity index is 1.93. The van der Waals surface area contributed by atoms with Gasteiger partial charge in [-0.15, -0.1) is 0 Å². The summed E-state index contributed by atoms with van der Waals surface area (Å²) in [6.45, 7) is 9.72. The van der Waals surface area contributed by atoms with E-state index in [1.807, 2.05) is 13.8 Å². The van der Waals surface area contributed by atoms with Crippen molar-refractivity contribution in [2.45, 2.75) is 77.7 Å². The van der Waals surface area contributed by atoms with E-state index in [2.05, 4.69) is 13.8 Å². The van der Waals surface area contributed by atoms with E-state index >= 15 is 0 Å². The second kappa shape index (κ2) is 7.36. The van der Waals surface area contributed by atoms with Crippen molar-refractivity contribution in [3.05, 3.63) is 0 Å². The standard InChI is InChI=1S/C15H30O4Si/c1-5-10-20(16-6-2,17-7-3)19-12(4)13-8-9-14-15(11-13)18-14/h12-15H,5-11H2,1-4H3. The Morgan fingerprint density at radius 2 is 1.80 bits per heavy atom. The molecule has 1 saturated heterocycles. The molecule has 20 heavy (non-hydrogen) atoms. The third kappa shape index (κ3) is 4.04. The summed E-state index contributed by atoms with van der Waals surface area (Å²) < 4.78 is 24.0. The van der Waals surface area contributed by atoms with Crippen molar-refractivity contribution in [2.75, 3.05) is 13.2 Å². The Labute approximate surface area is 124 Å². The zero-order chi connectivity index (χ0) is 14.6. The van der Waals surface area contributed by atoms with Gasteiger partial charge in [0.05, 0.1) is 12.2 Å². The number of hydrogen-bond donors (Lipinski definition) is 0. The maximum absolute atomic E-state index is 6.40. The second-order valence-corrected chi connectivity index (χ2v) is 8.59. The highest BCUT2D eigenvalue weighted by Crippen LogP contribution is 2.41. The molecule has 118 valence electrons. The van der Waals surface area contributed by atoms with E-state index in [9.17, 15) is 0 Å². The molecule has 0 bridgehead atoms. The van der Waals surface area contributed by atoms with E-state index in [-0.39, 0.29) is 6.10 Å². The third-order valence-electron chi connectivity index (χ3n) is 4.36. The summed E-state index contributed by atoms with van der Waals surface area (Å²) in [5, 5.41) is 0. The highest BCUT2D eigenvalue weighted by molar-refractivity contribution is 6.60. The molecule has 2 fully saturated rings. The molecular formula is C15H30O4Si. The first-order chi connectivity index (χ1) is 9.64. The minimum atomic E-state index is -2.49. The smallest absolute Gasteiger partial charge is 0.374 e. The first kappa shape index (κ1) is 16.4. The molecule has 2 aliphatic rings. The minimum absolute atomic E-state index is 0.205. The van der Waals surface area contributed by atoms with E-state index in [1.54, 1.807) is 0 Å². The quantitative estimate of drug-likeness (QED) is 0.483. The topological polar surface area (TPSA) is 40.2 Å². The maximum atomic E-state index is 6.40. The van der Waals surface area contributed by atoms with Gasteiger partial charge in [-0.25, -0.2) is 0 Å². The fourth-order valence-corrected chi connectivity index (χ4v) is 6.18. The Morgan fingerprint density at radius 3 is 2.35 bits per heavy atom. The van der Waals surface area contributed by atoms with Crippen molar-refractivity contribution in [3.8, 4) is 0 Å². The zero-order valence-electron chi connectivity index (χ0n) is 13.4. The second-order valence-electron chi connectivity index (χ2n) is 5.91. The summed E-state index contributed by atoms with van der Waals surface area (Å²) in [4.78, 5) is 0.